The van der Waals surface area contributed by atoms with E-state index in [1.165, 1.54) is 24.0 Å². The zero-order valence-corrected chi connectivity index (χ0v) is 6.67. The lowest BCUT2D eigenvalue weighted by atomic mass is 10.1. The smallest absolute Gasteiger partial charge is 0.127 e. The summed E-state index contributed by atoms with van der Waals surface area (Å²) in [4.78, 5) is 4.08. The van der Waals surface area contributed by atoms with Gasteiger partial charge in [-0.1, -0.05) is 6.92 Å². The number of nitrogens with zero attached hydrogens (tertiary/aromatic N) is 1. The minimum atomic E-state index is 0.610. The standard InChI is InChI=1S/C9H12N2/c1-6-2-3-7-4-5-11-9(10)8(6)7/h4-6H,2-3H2,1H3,(H2,10,11)/t6-/m1/s1. The topological polar surface area (TPSA) is 38.9 Å². The fourth-order valence-corrected chi connectivity index (χ4v) is 1.83. The molecule has 0 saturated carbocycles. The quantitative estimate of drug-likeness (QED) is 0.608. The van der Waals surface area contributed by atoms with Crippen molar-refractivity contribution in [3.63, 3.8) is 0 Å². The highest BCUT2D eigenvalue weighted by molar-refractivity contribution is 5.49. The van der Waals surface area contributed by atoms with Crippen molar-refractivity contribution in [2.75, 3.05) is 5.73 Å². The highest BCUT2D eigenvalue weighted by atomic mass is 14.8. The van der Waals surface area contributed by atoms with Crippen LogP contribution in [0.15, 0.2) is 12.3 Å². The van der Waals surface area contributed by atoms with E-state index in [0.717, 1.165) is 5.82 Å². The minimum Gasteiger partial charge on any atom is -0.383 e. The first-order valence-corrected chi connectivity index (χ1v) is 4.02. The Balaban J connectivity index is 2.58. The molecule has 11 heavy (non-hydrogen) atoms. The fourth-order valence-electron chi connectivity index (χ4n) is 1.83. The minimum absolute atomic E-state index is 0.610. The average molecular weight is 148 g/mol. The molecule has 0 saturated heterocycles. The second-order valence-corrected chi connectivity index (χ2v) is 3.21. The van der Waals surface area contributed by atoms with E-state index < -0.39 is 0 Å². The number of rotatable bonds is 0. The van der Waals surface area contributed by atoms with Crippen LogP contribution in [0.2, 0.25) is 0 Å². The number of anilines is 1. The molecule has 0 fully saturated rings. The Labute approximate surface area is 66.4 Å². The third-order valence-electron chi connectivity index (χ3n) is 2.45. The Morgan fingerprint density at radius 1 is 1.64 bits per heavy atom. The Hall–Kier alpha value is -1.05. The number of fused-ring (bicyclic) bond motifs is 1. The summed E-state index contributed by atoms with van der Waals surface area (Å²) in [6, 6.07) is 2.08. The number of nitrogens with two attached hydrogens (primary N) is 1. The van der Waals surface area contributed by atoms with Crippen molar-refractivity contribution >= 4 is 5.82 Å². The van der Waals surface area contributed by atoms with Crippen LogP contribution in [-0.2, 0) is 6.42 Å². The molecular formula is C9H12N2. The van der Waals surface area contributed by atoms with Gasteiger partial charge in [-0.3, -0.25) is 0 Å². The van der Waals surface area contributed by atoms with Gasteiger partial charge in [-0.25, -0.2) is 4.98 Å². The molecule has 2 heteroatoms. The summed E-state index contributed by atoms with van der Waals surface area (Å²) in [5.74, 6) is 1.34. The van der Waals surface area contributed by atoms with Crippen molar-refractivity contribution in [1.82, 2.24) is 4.98 Å². The molecular weight excluding hydrogens is 136 g/mol. The molecule has 2 rings (SSSR count). The predicted molar refractivity (Wildman–Crippen MR) is 45.4 cm³/mol. The van der Waals surface area contributed by atoms with Crippen molar-refractivity contribution in [3.8, 4) is 0 Å². The van der Waals surface area contributed by atoms with E-state index in [2.05, 4.69) is 18.0 Å². The molecule has 0 bridgehead atoms. The Morgan fingerprint density at radius 2 is 2.45 bits per heavy atom. The third kappa shape index (κ3) is 0.897. The van der Waals surface area contributed by atoms with Crippen molar-refractivity contribution in [1.29, 1.82) is 0 Å². The first kappa shape index (κ1) is 6.65. The molecule has 1 aliphatic carbocycles. The Kier molecular flexibility index (Phi) is 1.34. The number of hydrogen-bond acceptors (Lipinski definition) is 2. The molecule has 0 unspecified atom stereocenters. The SMILES string of the molecule is C[C@@H]1CCc2ccnc(N)c21. The van der Waals surface area contributed by atoms with Crippen LogP contribution in [0.25, 0.3) is 0 Å². The van der Waals surface area contributed by atoms with Crippen molar-refractivity contribution < 1.29 is 0 Å². The predicted octanol–water partition coefficient (Wildman–Crippen LogP) is 1.71. The van der Waals surface area contributed by atoms with Gasteiger partial charge in [-0.2, -0.15) is 0 Å². The van der Waals surface area contributed by atoms with Crippen LogP contribution in [0.4, 0.5) is 5.82 Å². The summed E-state index contributed by atoms with van der Waals surface area (Å²) in [5, 5.41) is 0. The zero-order chi connectivity index (χ0) is 7.84. The average Bonchev–Trinajstić information content (AvgIpc) is 2.34. The number of aryl methyl sites for hydroxylation is 1. The number of pyridine rings is 1. The lowest BCUT2D eigenvalue weighted by Crippen LogP contribution is -1.98. The number of nitrogen functional groups attached to an aromatic ring is 1. The molecule has 58 valence electrons. The van der Waals surface area contributed by atoms with Crippen LogP contribution in [0.5, 0.6) is 0 Å². The Bertz CT molecular complexity index is 281. The van der Waals surface area contributed by atoms with Crippen LogP contribution < -0.4 is 5.73 Å². The van der Waals surface area contributed by atoms with Crippen LogP contribution in [0, 0.1) is 0 Å². The molecule has 1 aromatic heterocycles. The Morgan fingerprint density at radius 3 is 3.18 bits per heavy atom. The van der Waals surface area contributed by atoms with E-state index >= 15 is 0 Å². The molecule has 2 nitrogen and oxygen atoms in total. The van der Waals surface area contributed by atoms with Crippen molar-refractivity contribution in [3.05, 3.63) is 23.4 Å². The van der Waals surface area contributed by atoms with Crippen molar-refractivity contribution in [2.45, 2.75) is 25.7 Å². The van der Waals surface area contributed by atoms with E-state index in [9.17, 15) is 0 Å². The summed E-state index contributed by atoms with van der Waals surface area (Å²) in [5.41, 5.74) is 8.43. The molecule has 1 aliphatic rings. The second kappa shape index (κ2) is 2.22. The molecule has 0 aromatic carbocycles. The van der Waals surface area contributed by atoms with Crippen LogP contribution in [0.3, 0.4) is 0 Å². The second-order valence-electron chi connectivity index (χ2n) is 3.21. The molecule has 0 amide bonds. The molecule has 0 spiro atoms. The molecule has 0 aliphatic heterocycles. The zero-order valence-electron chi connectivity index (χ0n) is 6.67. The highest BCUT2D eigenvalue weighted by Gasteiger charge is 2.20. The summed E-state index contributed by atoms with van der Waals surface area (Å²) in [7, 11) is 0. The number of aromatic nitrogens is 1. The van der Waals surface area contributed by atoms with E-state index in [1.54, 1.807) is 6.20 Å². The van der Waals surface area contributed by atoms with Gasteiger partial charge in [0.1, 0.15) is 5.82 Å². The van der Waals surface area contributed by atoms with Gasteiger partial charge >= 0.3 is 0 Å². The normalized spacial score (nSPS) is 21.7. The summed E-state index contributed by atoms with van der Waals surface area (Å²) in [6.45, 7) is 2.21. The van der Waals surface area contributed by atoms with Crippen LogP contribution >= 0.6 is 0 Å². The first-order chi connectivity index (χ1) is 5.29. The van der Waals surface area contributed by atoms with Gasteiger partial charge in [-0.15, -0.1) is 0 Å². The molecule has 0 radical (unpaired) electrons. The lowest BCUT2D eigenvalue weighted by molar-refractivity contribution is 0.747. The largest absolute Gasteiger partial charge is 0.383 e. The molecule has 2 N–H and O–H groups in total. The maximum absolute atomic E-state index is 5.75. The van der Waals surface area contributed by atoms with Crippen LogP contribution in [-0.4, -0.2) is 4.98 Å². The van der Waals surface area contributed by atoms with Crippen molar-refractivity contribution in [2.24, 2.45) is 0 Å². The van der Waals surface area contributed by atoms with E-state index in [4.69, 9.17) is 5.73 Å². The van der Waals surface area contributed by atoms with Gasteiger partial charge in [0.15, 0.2) is 0 Å². The van der Waals surface area contributed by atoms with Gasteiger partial charge in [0, 0.05) is 11.8 Å². The summed E-state index contributed by atoms with van der Waals surface area (Å²) < 4.78 is 0. The van der Waals surface area contributed by atoms with Gasteiger partial charge in [0.25, 0.3) is 0 Å². The van der Waals surface area contributed by atoms with E-state index in [0.29, 0.717) is 5.92 Å². The third-order valence-corrected chi connectivity index (χ3v) is 2.45. The van der Waals surface area contributed by atoms with E-state index in [-0.39, 0.29) is 0 Å². The lowest BCUT2D eigenvalue weighted by Gasteiger charge is -2.05. The van der Waals surface area contributed by atoms with Gasteiger partial charge in [0.05, 0.1) is 0 Å². The fraction of sp³-hybridized carbons (Fsp3) is 0.444. The summed E-state index contributed by atoms with van der Waals surface area (Å²) in [6.07, 6.45) is 4.20. The van der Waals surface area contributed by atoms with Gasteiger partial charge < -0.3 is 5.73 Å². The summed E-state index contributed by atoms with van der Waals surface area (Å²) >= 11 is 0. The van der Waals surface area contributed by atoms with Crippen LogP contribution in [0.1, 0.15) is 30.4 Å². The van der Waals surface area contributed by atoms with Gasteiger partial charge in [-0.05, 0) is 30.4 Å². The number of hydrogen-bond donors (Lipinski definition) is 1. The maximum atomic E-state index is 5.75. The molecule has 1 atom stereocenters. The molecule has 1 heterocycles. The van der Waals surface area contributed by atoms with Gasteiger partial charge in [0.2, 0.25) is 0 Å². The van der Waals surface area contributed by atoms with E-state index in [1.807, 2.05) is 0 Å². The first-order valence-electron chi connectivity index (χ1n) is 4.02. The monoisotopic (exact) mass is 148 g/mol. The maximum Gasteiger partial charge on any atom is 0.127 e. The molecule has 1 aromatic rings. The highest BCUT2D eigenvalue weighted by Crippen LogP contribution is 2.34.